The van der Waals surface area contributed by atoms with Crippen LogP contribution in [0.4, 0.5) is 34.1 Å². The first-order valence-corrected chi connectivity index (χ1v) is 23.9. The zero-order chi connectivity index (χ0) is 45.4. The molecule has 0 aromatic heterocycles. The second kappa shape index (κ2) is 14.2. The van der Waals surface area contributed by atoms with Gasteiger partial charge < -0.3 is 9.80 Å². The van der Waals surface area contributed by atoms with Gasteiger partial charge in [0.2, 0.25) is 0 Å². The molecule has 0 atom stereocenters. The van der Waals surface area contributed by atoms with E-state index < -0.39 is 0 Å². The van der Waals surface area contributed by atoms with Crippen molar-refractivity contribution in [2.45, 2.75) is 57.8 Å². The van der Waals surface area contributed by atoms with Gasteiger partial charge in [0.25, 0.3) is 0 Å². The molecule has 0 amide bonds. The van der Waals surface area contributed by atoms with Crippen LogP contribution >= 0.6 is 0 Å². The highest BCUT2D eigenvalue weighted by atomic mass is 15.2. The van der Waals surface area contributed by atoms with Crippen molar-refractivity contribution in [2.24, 2.45) is 0 Å². The highest BCUT2D eigenvalue weighted by Gasteiger charge is 2.39. The fourth-order valence-electron chi connectivity index (χ4n) is 12.5. The topological polar surface area (TPSA) is 6.48 Å². The molecule has 0 saturated heterocycles. The smallest absolute Gasteiger partial charge is 0.0502 e. The second-order valence-corrected chi connectivity index (χ2v) is 20.5. The summed E-state index contributed by atoms with van der Waals surface area (Å²) in [4.78, 5) is 5.00. The average Bonchev–Trinajstić information content (AvgIpc) is 3.58. The molecule has 10 aromatic carbocycles. The zero-order valence-electron chi connectivity index (χ0n) is 39.0. The van der Waals surface area contributed by atoms with E-state index in [1.807, 2.05) is 0 Å². The number of benzene rings is 10. The SMILES string of the molecule is CC1(C)c2ccccc2-c2ccc(-c3c4ccc(N5c6ccccc6C(C)(C)c6ccccc65)cc4c(-c4ccccc4)c4ccc(N5c6ccccc6C(C)(C)c6ccccc65)cc34)cc21. The number of rotatable bonds is 4. The maximum Gasteiger partial charge on any atom is 0.0502 e. The van der Waals surface area contributed by atoms with Gasteiger partial charge in [-0.2, -0.15) is 0 Å². The van der Waals surface area contributed by atoms with Gasteiger partial charge in [-0.3, -0.25) is 0 Å². The number of nitrogens with zero attached hydrogens (tertiary/aromatic N) is 2. The quantitative estimate of drug-likeness (QED) is 0.163. The van der Waals surface area contributed by atoms with E-state index in [0.29, 0.717) is 0 Å². The van der Waals surface area contributed by atoms with Crippen molar-refractivity contribution in [1.29, 1.82) is 0 Å². The number of hydrogen-bond acceptors (Lipinski definition) is 2. The standard InChI is InChI=1S/C65H52N2/c1-63(2)51-23-11-10-22-45(51)46-35-32-42(38-56(46)63)62-48-37-34-43(66-57-28-16-12-24-52(57)64(3,4)53-25-13-17-29-58(53)66)39-49(48)61(41-20-8-7-9-21-41)47-36-33-44(40-50(47)62)67-59-30-18-14-26-54(59)65(5,6)55-27-15-19-31-60(55)67/h7-40H,1-6H3. The van der Waals surface area contributed by atoms with E-state index in [2.05, 4.69) is 258 Å². The Morgan fingerprint density at radius 2 is 0.642 bits per heavy atom. The minimum Gasteiger partial charge on any atom is -0.310 e. The van der Waals surface area contributed by atoms with E-state index in [9.17, 15) is 0 Å². The van der Waals surface area contributed by atoms with Crippen LogP contribution in [0.3, 0.4) is 0 Å². The first kappa shape index (κ1) is 39.7. The molecule has 0 bridgehead atoms. The molecule has 1 aliphatic carbocycles. The van der Waals surface area contributed by atoms with Crippen molar-refractivity contribution in [1.82, 2.24) is 0 Å². The third kappa shape index (κ3) is 5.57. The molecule has 0 fully saturated rings. The molecular formula is C65H52N2. The maximum absolute atomic E-state index is 2.51. The minimum atomic E-state index is -0.153. The molecule has 0 spiro atoms. The Morgan fingerprint density at radius 3 is 1.12 bits per heavy atom. The highest BCUT2D eigenvalue weighted by molar-refractivity contribution is 6.23. The minimum absolute atomic E-state index is 0.146. The van der Waals surface area contributed by atoms with Crippen molar-refractivity contribution in [3.63, 3.8) is 0 Å². The number of fused-ring (bicyclic) bond motifs is 9. The van der Waals surface area contributed by atoms with Gasteiger partial charge in [-0.05, 0) is 143 Å². The largest absolute Gasteiger partial charge is 0.310 e. The summed E-state index contributed by atoms with van der Waals surface area (Å²) in [5.41, 5.74) is 22.4. The van der Waals surface area contributed by atoms with E-state index in [4.69, 9.17) is 0 Å². The van der Waals surface area contributed by atoms with Crippen molar-refractivity contribution >= 4 is 55.7 Å². The lowest BCUT2D eigenvalue weighted by Gasteiger charge is -2.42. The fraction of sp³-hybridized carbons (Fsp3) is 0.138. The van der Waals surface area contributed by atoms with Crippen LogP contribution < -0.4 is 9.80 Å². The molecule has 322 valence electrons. The Hall–Kier alpha value is -7.68. The summed E-state index contributed by atoms with van der Waals surface area (Å²) < 4.78 is 0. The van der Waals surface area contributed by atoms with Crippen LogP contribution in [0.1, 0.15) is 74.9 Å². The lowest BCUT2D eigenvalue weighted by atomic mass is 9.73. The third-order valence-corrected chi connectivity index (χ3v) is 15.8. The highest BCUT2D eigenvalue weighted by Crippen LogP contribution is 2.57. The van der Waals surface area contributed by atoms with E-state index in [1.54, 1.807) is 0 Å². The molecule has 13 rings (SSSR count). The molecule has 2 nitrogen and oxygen atoms in total. The first-order valence-electron chi connectivity index (χ1n) is 23.9. The second-order valence-electron chi connectivity index (χ2n) is 20.5. The number of para-hydroxylation sites is 4. The van der Waals surface area contributed by atoms with E-state index in [0.717, 1.165) is 11.4 Å². The molecule has 3 aliphatic rings. The molecule has 10 aromatic rings. The predicted molar refractivity (Wildman–Crippen MR) is 284 cm³/mol. The van der Waals surface area contributed by atoms with Crippen molar-refractivity contribution in [3.05, 3.63) is 240 Å². The molecule has 0 saturated carbocycles. The van der Waals surface area contributed by atoms with Crippen LogP contribution in [-0.2, 0) is 16.2 Å². The molecule has 67 heavy (non-hydrogen) atoms. The van der Waals surface area contributed by atoms with Crippen molar-refractivity contribution in [3.8, 4) is 33.4 Å². The molecule has 2 aliphatic heterocycles. The Morgan fingerprint density at radius 1 is 0.269 bits per heavy atom. The number of anilines is 6. The summed E-state index contributed by atoms with van der Waals surface area (Å²) in [5.74, 6) is 0. The molecule has 0 unspecified atom stereocenters. The molecule has 2 heteroatoms. The van der Waals surface area contributed by atoms with Gasteiger partial charge in [0.15, 0.2) is 0 Å². The Bertz CT molecular complexity index is 3580. The summed E-state index contributed by atoms with van der Waals surface area (Å²) >= 11 is 0. The summed E-state index contributed by atoms with van der Waals surface area (Å²) in [7, 11) is 0. The van der Waals surface area contributed by atoms with Crippen LogP contribution in [0.15, 0.2) is 206 Å². The normalized spacial score (nSPS) is 15.6. The molecule has 0 radical (unpaired) electrons. The van der Waals surface area contributed by atoms with Crippen LogP contribution in [0, 0.1) is 0 Å². The molecule has 2 heterocycles. The summed E-state index contributed by atoms with van der Waals surface area (Å²) in [6.45, 7) is 14.2. The van der Waals surface area contributed by atoms with Gasteiger partial charge in [0, 0.05) is 27.6 Å². The van der Waals surface area contributed by atoms with Gasteiger partial charge in [-0.1, -0.05) is 193 Å². The van der Waals surface area contributed by atoms with Gasteiger partial charge in [0.05, 0.1) is 22.7 Å². The van der Waals surface area contributed by atoms with Crippen LogP contribution in [0.2, 0.25) is 0 Å². The Balaban J connectivity index is 1.13. The predicted octanol–water partition coefficient (Wildman–Crippen LogP) is 17.9. The monoisotopic (exact) mass is 860 g/mol. The average molecular weight is 861 g/mol. The molecular weight excluding hydrogens is 809 g/mol. The number of hydrogen-bond donors (Lipinski definition) is 0. The maximum atomic E-state index is 2.51. The van der Waals surface area contributed by atoms with Gasteiger partial charge in [-0.25, -0.2) is 0 Å². The zero-order valence-corrected chi connectivity index (χ0v) is 39.0. The van der Waals surface area contributed by atoms with Crippen LogP contribution in [-0.4, -0.2) is 0 Å². The lowest BCUT2D eigenvalue weighted by molar-refractivity contribution is 0.632. The first-order chi connectivity index (χ1) is 32.5. The van der Waals surface area contributed by atoms with Crippen molar-refractivity contribution in [2.75, 3.05) is 9.80 Å². The molecule has 0 N–H and O–H groups in total. The van der Waals surface area contributed by atoms with E-state index >= 15 is 0 Å². The summed E-state index contributed by atoms with van der Waals surface area (Å²) in [5, 5.41) is 4.94. The fourth-order valence-corrected chi connectivity index (χ4v) is 12.5. The van der Waals surface area contributed by atoms with Gasteiger partial charge >= 0.3 is 0 Å². The van der Waals surface area contributed by atoms with Crippen molar-refractivity contribution < 1.29 is 0 Å². The third-order valence-electron chi connectivity index (χ3n) is 15.8. The lowest BCUT2D eigenvalue weighted by Crippen LogP contribution is -2.30. The summed E-state index contributed by atoms with van der Waals surface area (Å²) in [6.07, 6.45) is 0. The summed E-state index contributed by atoms with van der Waals surface area (Å²) in [6, 6.07) is 77.8. The van der Waals surface area contributed by atoms with E-state index in [-0.39, 0.29) is 16.2 Å². The Labute approximate surface area is 394 Å². The van der Waals surface area contributed by atoms with Gasteiger partial charge in [0.1, 0.15) is 0 Å². The van der Waals surface area contributed by atoms with Crippen LogP contribution in [0.25, 0.3) is 54.9 Å². The van der Waals surface area contributed by atoms with Crippen LogP contribution in [0.5, 0.6) is 0 Å². The Kier molecular flexibility index (Phi) is 8.38. The van der Waals surface area contributed by atoms with Gasteiger partial charge in [-0.15, -0.1) is 0 Å². The van der Waals surface area contributed by atoms with E-state index in [1.165, 1.54) is 111 Å².